The monoisotopic (exact) mass is 1750 g/mol. The van der Waals surface area contributed by atoms with Crippen LogP contribution in [0.5, 0.6) is 0 Å². The molecule has 15 heterocycles. The lowest BCUT2D eigenvalue weighted by molar-refractivity contribution is -0.617. The van der Waals surface area contributed by atoms with Crippen LogP contribution in [0.15, 0.2) is 274 Å². The molecule has 15 aromatic heterocycles. The molecular formula is C119H114N15+5. The Balaban J connectivity index is 0.0000000946. The zero-order chi connectivity index (χ0) is 91.7. The van der Waals surface area contributed by atoms with E-state index in [0.717, 1.165) is 27.6 Å². The summed E-state index contributed by atoms with van der Waals surface area (Å²) in [6.07, 6.45) is 20.4. The van der Waals surface area contributed by atoms with E-state index in [0.29, 0.717) is 29.6 Å². The minimum absolute atomic E-state index is 0.459. The summed E-state index contributed by atoms with van der Waals surface area (Å²) in [4.78, 5) is 24.0. The average molecular weight is 1750 g/mol. The van der Waals surface area contributed by atoms with Gasteiger partial charge < -0.3 is 0 Å². The van der Waals surface area contributed by atoms with Gasteiger partial charge in [-0.05, 0) is 286 Å². The number of aryl methyl sites for hydroxylation is 10. The number of aromatic nitrogens is 15. The van der Waals surface area contributed by atoms with E-state index in [4.69, 9.17) is 24.9 Å². The second-order valence-corrected chi connectivity index (χ2v) is 39.1. The van der Waals surface area contributed by atoms with Crippen molar-refractivity contribution in [3.05, 3.63) is 329 Å². The van der Waals surface area contributed by atoms with E-state index in [-0.39, 0.29) is 0 Å². The lowest BCUT2D eigenvalue weighted by atomic mass is 9.95. The first-order chi connectivity index (χ1) is 65.2. The normalized spacial score (nSPS) is 13.6. The molecule has 0 radical (unpaired) electrons. The predicted octanol–water partition coefficient (Wildman–Crippen LogP) is 26.3. The van der Waals surface area contributed by atoms with E-state index in [1.807, 2.05) is 31.0 Å². The van der Waals surface area contributed by atoms with Gasteiger partial charge in [-0.15, -0.1) is 0 Å². The summed E-state index contributed by atoms with van der Waals surface area (Å²) in [6.45, 7) is 24.5. The van der Waals surface area contributed by atoms with Crippen LogP contribution in [0.4, 0.5) is 0 Å². The van der Waals surface area contributed by atoms with Crippen molar-refractivity contribution in [1.29, 1.82) is 0 Å². The highest BCUT2D eigenvalue weighted by Gasteiger charge is 2.34. The molecule has 2 saturated carbocycles. The molecule has 0 aliphatic heterocycles. The second kappa shape index (κ2) is 32.6. The van der Waals surface area contributed by atoms with Crippen LogP contribution in [0.1, 0.15) is 178 Å². The smallest absolute Gasteiger partial charge is 0.255 e. The predicted molar refractivity (Wildman–Crippen MR) is 553 cm³/mol. The molecular weight excluding hydrogens is 1640 g/mol. The third-order valence-corrected chi connectivity index (χ3v) is 30.2. The van der Waals surface area contributed by atoms with Crippen LogP contribution < -0.4 is 22.7 Å². The molecule has 10 aromatic carbocycles. The molecule has 2 fully saturated rings. The fourth-order valence-electron chi connectivity index (χ4n) is 23.3. The Hall–Kier alpha value is -14.7. The van der Waals surface area contributed by atoms with E-state index in [1.165, 1.54) is 272 Å². The highest BCUT2D eigenvalue weighted by molar-refractivity contribution is 6.16. The van der Waals surface area contributed by atoms with Crippen LogP contribution in [0.3, 0.4) is 0 Å². The van der Waals surface area contributed by atoms with Gasteiger partial charge in [0.05, 0.1) is 89.8 Å². The van der Waals surface area contributed by atoms with Crippen molar-refractivity contribution in [3.8, 4) is 0 Å². The first-order valence-corrected chi connectivity index (χ1v) is 48.2. The highest BCUT2D eigenvalue weighted by atomic mass is 15.2. The maximum Gasteiger partial charge on any atom is 0.297 e. The highest BCUT2D eigenvalue weighted by Crippen LogP contribution is 2.44. The molecule has 0 spiro atoms. The number of imidazole rings is 5. The number of fused-ring (bicyclic) bond motifs is 40. The fraction of sp³-hybridized carbons (Fsp3) is 0.244. The molecule has 660 valence electrons. The minimum Gasteiger partial charge on any atom is -0.255 e. The molecule has 15 heteroatoms. The van der Waals surface area contributed by atoms with Crippen LogP contribution >= 0.6 is 0 Å². The van der Waals surface area contributed by atoms with Crippen molar-refractivity contribution >= 4 is 192 Å². The Kier molecular flexibility index (Phi) is 20.4. The van der Waals surface area contributed by atoms with Gasteiger partial charge in [0.2, 0.25) is 0 Å². The number of hydrogen-bond donors (Lipinski definition) is 0. The Morgan fingerprint density at radius 2 is 0.634 bits per heavy atom. The summed E-state index contributed by atoms with van der Waals surface area (Å²) in [5, 5.41) is 12.3. The second-order valence-electron chi connectivity index (χ2n) is 39.1. The first-order valence-electron chi connectivity index (χ1n) is 48.2. The summed E-state index contributed by atoms with van der Waals surface area (Å²) in [6, 6.07) is 88.3. The standard InChI is InChI=1S/2C25H24N3.3C23H22N3/c1-16-13-14-26-24-19-15-18(17-7-3-4-8-17)11-12-20(19)28-22-10-6-5-9-21(22)27(2)25(28)23(16)24;1-16-13-14-26-24-19-12-11-18(17-7-3-4-8-17)15-22(19)28-21-10-6-5-9-20(21)27(2)25(28)23(16)24;1-14(2)16-9-7-11-19-22(16)26-18-10-6-5-8-17(18)21-20(23(26)25(19)4)15(3)12-13-24-21;1-14(2)16-9-10-19-20(13-16)25(4)23-21-15(3)11-12-24-22(21)17-7-5-6-8-18(17)26(19)23;1-14(2)16-9-10-19-20(13-16)26-18-8-6-5-7-17(18)22-21(23(26)25(19)4)15(3)11-12-24-22/h2*5-6,9-15,17H,3-4,7-8H2,1-2H3;3*5-14H,1-4H3/q5*+1. The number of nitrogens with zero attached hydrogens (tertiary/aromatic N) is 15. The summed E-state index contributed by atoms with van der Waals surface area (Å²) in [5.41, 5.74) is 43.7. The lowest BCUT2D eigenvalue weighted by Gasteiger charge is -2.12. The molecule has 27 rings (SSSR count). The maximum atomic E-state index is 4.87. The van der Waals surface area contributed by atoms with Crippen molar-refractivity contribution in [2.75, 3.05) is 0 Å². The van der Waals surface area contributed by atoms with Crippen molar-refractivity contribution in [2.24, 2.45) is 35.2 Å². The minimum atomic E-state index is 0.459. The van der Waals surface area contributed by atoms with E-state index in [1.54, 1.807) is 0 Å². The Labute approximate surface area is 778 Å². The van der Waals surface area contributed by atoms with Crippen LogP contribution in [-0.2, 0) is 35.2 Å². The number of rotatable bonds is 5. The molecule has 25 aromatic rings. The molecule has 2 aliphatic carbocycles. The fourth-order valence-corrected chi connectivity index (χ4v) is 23.3. The quantitative estimate of drug-likeness (QED) is 0.126. The molecule has 134 heavy (non-hydrogen) atoms. The topological polar surface area (TPSA) is 107 Å². The zero-order valence-electron chi connectivity index (χ0n) is 79.7. The van der Waals surface area contributed by atoms with Crippen molar-refractivity contribution < 1.29 is 22.7 Å². The van der Waals surface area contributed by atoms with Gasteiger partial charge >= 0.3 is 0 Å². The van der Waals surface area contributed by atoms with E-state index < -0.39 is 0 Å². The summed E-state index contributed by atoms with van der Waals surface area (Å²) in [5.74, 6) is 2.89. The van der Waals surface area contributed by atoms with E-state index in [2.05, 4.69) is 399 Å². The molecule has 2 aliphatic rings. The Morgan fingerprint density at radius 1 is 0.276 bits per heavy atom. The molecule has 0 N–H and O–H groups in total. The SMILES string of the molecule is Cc1ccnc2c3cc(C4CCCC4)ccc3n3c4ccccc4[n+](C)c3c12.Cc1ccnc2c3ccc(C4CCCC4)cc3n3c4ccccc4[n+](C)c3c12.Cc1ccnc2c3ccccc3[n+]3c4ccc(C(C)C)cc4n(C)c3c12.Cc1ccnc2c3ccccc3n3c4c(C(C)C)cccc4[n+](C)c3c12.Cc1ccnc2c3ccccc3n3c4cc(C(C)C)ccc4[n+](C)c3c12. The lowest BCUT2D eigenvalue weighted by Crippen LogP contribution is -2.27. The summed E-state index contributed by atoms with van der Waals surface area (Å²) in [7, 11) is 10.8. The molecule has 0 saturated heterocycles. The number of hydrogen-bond acceptors (Lipinski definition) is 5. The Bertz CT molecular complexity index is 9170. The Morgan fingerprint density at radius 3 is 1.13 bits per heavy atom. The van der Waals surface area contributed by atoms with Crippen molar-refractivity contribution in [2.45, 2.75) is 157 Å². The van der Waals surface area contributed by atoms with Crippen LogP contribution in [0.25, 0.3) is 192 Å². The third kappa shape index (κ3) is 12.9. The zero-order valence-corrected chi connectivity index (χ0v) is 79.7. The molecule has 0 bridgehead atoms. The van der Waals surface area contributed by atoms with Crippen LogP contribution in [0, 0.1) is 34.6 Å². The number of para-hydroxylation sites is 8. The summed E-state index contributed by atoms with van der Waals surface area (Å²) < 4.78 is 23.7. The van der Waals surface area contributed by atoms with Crippen molar-refractivity contribution in [3.63, 3.8) is 0 Å². The van der Waals surface area contributed by atoms with Crippen LogP contribution in [-0.4, -0.2) is 47.1 Å². The largest absolute Gasteiger partial charge is 0.297 e. The van der Waals surface area contributed by atoms with E-state index in [9.17, 15) is 0 Å². The molecule has 15 nitrogen and oxygen atoms in total. The van der Waals surface area contributed by atoms with E-state index >= 15 is 0 Å². The molecule has 0 atom stereocenters. The van der Waals surface area contributed by atoms with Gasteiger partial charge in [-0.2, -0.15) is 22.0 Å². The number of benzene rings is 10. The van der Waals surface area contributed by atoms with Gasteiger partial charge in [0.25, 0.3) is 28.2 Å². The van der Waals surface area contributed by atoms with Crippen LogP contribution in [0.2, 0.25) is 0 Å². The van der Waals surface area contributed by atoms with Gasteiger partial charge in [-0.3, -0.25) is 24.9 Å². The van der Waals surface area contributed by atoms with Gasteiger partial charge in [-0.25, -0.2) is 22.8 Å². The number of pyridine rings is 10. The molecule has 0 unspecified atom stereocenters. The van der Waals surface area contributed by atoms with Gasteiger partial charge in [0.15, 0.2) is 55.2 Å². The van der Waals surface area contributed by atoms with Crippen molar-refractivity contribution in [1.82, 2.24) is 47.1 Å². The van der Waals surface area contributed by atoms with Gasteiger partial charge in [0.1, 0.15) is 27.6 Å². The van der Waals surface area contributed by atoms with Gasteiger partial charge in [0, 0.05) is 63.5 Å². The summed E-state index contributed by atoms with van der Waals surface area (Å²) >= 11 is 0. The van der Waals surface area contributed by atoms with Gasteiger partial charge in [-0.1, -0.05) is 164 Å². The third-order valence-electron chi connectivity index (χ3n) is 30.2. The maximum absolute atomic E-state index is 4.87. The molecule has 0 amide bonds. The average Bonchev–Trinajstić information content (AvgIpc) is 1.51. The first kappa shape index (κ1) is 83.6.